The van der Waals surface area contributed by atoms with E-state index in [1.165, 1.54) is 29.2 Å². The molecule has 196 valence electrons. The summed E-state index contributed by atoms with van der Waals surface area (Å²) in [7, 11) is 1.26. The molecule has 2 amide bonds. The van der Waals surface area contributed by atoms with Crippen LogP contribution >= 0.6 is 34.4 Å². The number of thiazole rings is 1. The van der Waals surface area contributed by atoms with E-state index in [9.17, 15) is 29.4 Å². The molecule has 1 fully saturated rings. The number of amides is 2. The van der Waals surface area contributed by atoms with Crippen molar-refractivity contribution in [2.75, 3.05) is 18.6 Å². The molecule has 0 aromatic carbocycles. The smallest absolute Gasteiger partial charge is 0.352 e. The van der Waals surface area contributed by atoms with E-state index >= 15 is 0 Å². The van der Waals surface area contributed by atoms with Crippen LogP contribution in [0.4, 0.5) is 5.13 Å². The third-order valence-electron chi connectivity index (χ3n) is 5.80. The number of nitrogens with two attached hydrogens (primary N) is 1. The largest absolute Gasteiger partial charge is 0.477 e. The van der Waals surface area contributed by atoms with Crippen LogP contribution in [0.1, 0.15) is 15.4 Å². The first-order valence-electron chi connectivity index (χ1n) is 10.9. The van der Waals surface area contributed by atoms with Gasteiger partial charge in [0.1, 0.15) is 34.8 Å². The first kappa shape index (κ1) is 25.6. The number of oxime groups is 1. The van der Waals surface area contributed by atoms with Gasteiger partial charge >= 0.3 is 11.9 Å². The van der Waals surface area contributed by atoms with E-state index in [-0.39, 0.29) is 33.7 Å². The number of hydrogen-bond acceptors (Lipinski definition) is 11. The molecular formula is C22H19N6O7S3+. The Kier molecular flexibility index (Phi) is 6.77. The lowest BCUT2D eigenvalue weighted by Crippen LogP contribution is -2.71. The maximum atomic E-state index is 13.0. The van der Waals surface area contributed by atoms with Crippen LogP contribution < -0.4 is 15.6 Å². The van der Waals surface area contributed by atoms with Crippen LogP contribution in [0.2, 0.25) is 0 Å². The van der Waals surface area contributed by atoms with Crippen molar-refractivity contribution < 1.29 is 38.8 Å². The van der Waals surface area contributed by atoms with Crippen molar-refractivity contribution in [3.8, 4) is 0 Å². The van der Waals surface area contributed by atoms with Crippen LogP contribution in [0, 0.1) is 0 Å². The average Bonchev–Trinajstić information content (AvgIpc) is 3.51. The molecular weight excluding hydrogens is 556 g/mol. The summed E-state index contributed by atoms with van der Waals surface area (Å²) in [5, 5.41) is 27.4. The number of aromatic carboxylic acids is 1. The molecule has 0 radical (unpaired) electrons. The zero-order chi connectivity index (χ0) is 27.1. The fraction of sp³-hybridized carbons (Fsp3) is 0.227. The average molecular weight is 576 g/mol. The zero-order valence-electron chi connectivity index (χ0n) is 19.5. The predicted octanol–water partition coefficient (Wildman–Crippen LogP) is 0.715. The molecule has 0 spiro atoms. The number of carbonyl (C=O) groups is 4. The van der Waals surface area contributed by atoms with Crippen LogP contribution in [0.5, 0.6) is 0 Å². The summed E-state index contributed by atoms with van der Waals surface area (Å²) in [6, 6.07) is 2.36. The molecule has 2 aliphatic rings. The second kappa shape index (κ2) is 10.0. The van der Waals surface area contributed by atoms with Gasteiger partial charge in [0, 0.05) is 27.5 Å². The predicted molar refractivity (Wildman–Crippen MR) is 139 cm³/mol. The van der Waals surface area contributed by atoms with Gasteiger partial charge in [0.05, 0.1) is 5.39 Å². The van der Waals surface area contributed by atoms with Crippen molar-refractivity contribution in [3.05, 3.63) is 51.7 Å². The standard InChI is InChI=1S/C22H18N6O7S3/c1-35-26-14(11-8-37-22(23)24-11)17(29)25-15-18(30)28-16(21(33)34)10(7-36-19(15)28)6-27-3-2-12-9(5-27)4-13(38-12)20(31)32/h2-5,8,15,19H,6-7H2,1H3,(H4-,23,24,25,29,31,32,33,34)/p+1/b26-14-/t15-,19-/m1/s1. The van der Waals surface area contributed by atoms with E-state index in [2.05, 4.69) is 15.5 Å². The summed E-state index contributed by atoms with van der Waals surface area (Å²) in [5.74, 6) is -3.24. The maximum absolute atomic E-state index is 13.0. The Morgan fingerprint density at radius 1 is 1.34 bits per heavy atom. The first-order valence-corrected chi connectivity index (χ1v) is 13.6. The van der Waals surface area contributed by atoms with Crippen LogP contribution in [-0.4, -0.2) is 73.8 Å². The van der Waals surface area contributed by atoms with Gasteiger partial charge in [-0.05, 0) is 6.07 Å². The molecule has 0 unspecified atom stereocenters. The molecule has 1 saturated heterocycles. The van der Waals surface area contributed by atoms with E-state index in [1.54, 1.807) is 29.1 Å². The van der Waals surface area contributed by atoms with E-state index in [4.69, 9.17) is 10.6 Å². The third-order valence-corrected chi connectivity index (χ3v) is 8.91. The summed E-state index contributed by atoms with van der Waals surface area (Å²) in [4.78, 5) is 59.6. The maximum Gasteiger partial charge on any atom is 0.352 e. The van der Waals surface area contributed by atoms with Crippen molar-refractivity contribution in [1.29, 1.82) is 0 Å². The molecule has 16 heteroatoms. The number of anilines is 1. The Balaban J connectivity index is 1.36. The van der Waals surface area contributed by atoms with Gasteiger partial charge in [-0.2, -0.15) is 0 Å². The number of β-lactam (4-membered cyclic amide) rings is 1. The SMILES string of the molecule is CO/N=C(\C(=O)N[C@@H]1C(=O)N2C(C(=O)O)=C(C[n+]3ccc4sc(C(=O)O)cc4c3)CS[C@H]12)c1csc(N)n1. The minimum atomic E-state index is -1.26. The molecule has 3 aromatic rings. The molecule has 0 bridgehead atoms. The Hall–Kier alpha value is -4.02. The lowest BCUT2D eigenvalue weighted by atomic mass is 10.0. The highest BCUT2D eigenvalue weighted by molar-refractivity contribution is 8.00. The van der Waals surface area contributed by atoms with Crippen LogP contribution in [0.3, 0.4) is 0 Å². The number of rotatable bonds is 8. The Labute approximate surface area is 226 Å². The zero-order valence-corrected chi connectivity index (χ0v) is 21.9. The van der Waals surface area contributed by atoms with Gasteiger partial charge in [-0.1, -0.05) is 5.16 Å². The molecule has 5 rings (SSSR count). The van der Waals surface area contributed by atoms with Crippen LogP contribution in [0.25, 0.3) is 10.1 Å². The number of thiophene rings is 1. The van der Waals surface area contributed by atoms with Crippen molar-refractivity contribution in [1.82, 2.24) is 15.2 Å². The minimum Gasteiger partial charge on any atom is -0.477 e. The van der Waals surface area contributed by atoms with Crippen molar-refractivity contribution >= 4 is 79.1 Å². The fourth-order valence-electron chi connectivity index (χ4n) is 4.17. The van der Waals surface area contributed by atoms with Gasteiger partial charge in [-0.3, -0.25) is 14.5 Å². The number of hydrogen-bond donors (Lipinski definition) is 4. The number of pyridine rings is 1. The molecule has 5 heterocycles. The van der Waals surface area contributed by atoms with Crippen molar-refractivity contribution in [3.63, 3.8) is 0 Å². The number of nitrogen functional groups attached to an aromatic ring is 1. The third kappa shape index (κ3) is 4.57. The molecule has 0 saturated carbocycles. The summed E-state index contributed by atoms with van der Waals surface area (Å²) in [5.41, 5.74) is 6.05. The topological polar surface area (TPSA) is 188 Å². The lowest BCUT2D eigenvalue weighted by molar-refractivity contribution is -0.687. The second-order valence-corrected chi connectivity index (χ2v) is 11.2. The molecule has 2 aliphatic heterocycles. The van der Waals surface area contributed by atoms with E-state index in [0.29, 0.717) is 16.7 Å². The number of aliphatic carboxylic acids is 1. The van der Waals surface area contributed by atoms with Crippen LogP contribution in [-0.2, 0) is 25.8 Å². The molecule has 13 nitrogen and oxygen atoms in total. The van der Waals surface area contributed by atoms with Gasteiger partial charge in [0.25, 0.3) is 11.8 Å². The number of nitrogens with zero attached hydrogens (tertiary/aromatic N) is 4. The number of carboxylic acid groups (broad SMARTS) is 2. The highest BCUT2D eigenvalue weighted by Gasteiger charge is 2.54. The van der Waals surface area contributed by atoms with E-state index in [1.807, 2.05) is 0 Å². The normalized spacial score (nSPS) is 19.2. The van der Waals surface area contributed by atoms with Crippen molar-refractivity contribution in [2.45, 2.75) is 18.0 Å². The number of thioether (sulfide) groups is 1. The fourth-order valence-corrected chi connectivity index (χ4v) is 6.92. The molecule has 5 N–H and O–H groups in total. The van der Waals surface area contributed by atoms with Crippen molar-refractivity contribution in [2.24, 2.45) is 5.16 Å². The number of carbonyl (C=O) groups excluding carboxylic acids is 2. The van der Waals surface area contributed by atoms with E-state index in [0.717, 1.165) is 27.4 Å². The monoisotopic (exact) mass is 575 g/mol. The van der Waals surface area contributed by atoms with Gasteiger partial charge in [0.15, 0.2) is 29.8 Å². The summed E-state index contributed by atoms with van der Waals surface area (Å²) in [6.45, 7) is 0.187. The molecule has 38 heavy (non-hydrogen) atoms. The van der Waals surface area contributed by atoms with E-state index < -0.39 is 35.2 Å². The second-order valence-electron chi connectivity index (χ2n) is 8.16. The Bertz CT molecular complexity index is 1560. The quantitative estimate of drug-likeness (QED) is 0.129. The van der Waals surface area contributed by atoms with Gasteiger partial charge < -0.3 is 26.1 Å². The van der Waals surface area contributed by atoms with Crippen LogP contribution in [0.15, 0.2) is 46.3 Å². The number of carboxylic acids is 2. The summed E-state index contributed by atoms with van der Waals surface area (Å²) < 4.78 is 2.54. The molecule has 3 aromatic heterocycles. The summed E-state index contributed by atoms with van der Waals surface area (Å²) in [6.07, 6.45) is 3.47. The number of aromatic nitrogens is 2. The number of nitrogens with one attached hydrogen (secondary N) is 1. The Morgan fingerprint density at radius 2 is 2.13 bits per heavy atom. The lowest BCUT2D eigenvalue weighted by Gasteiger charge is -2.49. The summed E-state index contributed by atoms with van der Waals surface area (Å²) >= 11 is 3.59. The highest BCUT2D eigenvalue weighted by atomic mass is 32.2. The first-order chi connectivity index (χ1) is 18.2. The number of fused-ring (bicyclic) bond motifs is 2. The molecule has 0 aliphatic carbocycles. The highest BCUT2D eigenvalue weighted by Crippen LogP contribution is 2.40. The van der Waals surface area contributed by atoms with Gasteiger partial charge in [-0.25, -0.2) is 19.1 Å². The van der Waals surface area contributed by atoms with Gasteiger partial charge in [0.2, 0.25) is 0 Å². The minimum absolute atomic E-state index is 0.133. The van der Waals surface area contributed by atoms with Gasteiger partial charge in [-0.15, -0.1) is 34.4 Å². The molecule has 2 atom stereocenters. The Morgan fingerprint density at radius 3 is 2.79 bits per heavy atom.